The number of anilines is 1. The molecule has 1 N–H and O–H groups in total. The van der Waals surface area contributed by atoms with Crippen molar-refractivity contribution in [2.24, 2.45) is 0 Å². The van der Waals surface area contributed by atoms with Gasteiger partial charge in [0, 0.05) is 18.0 Å². The molecule has 4 heteroatoms. The molecule has 1 aliphatic rings. The zero-order valence-electron chi connectivity index (χ0n) is 13.2. The number of nitrogens with zero attached hydrogens (tertiary/aromatic N) is 3. The van der Waals surface area contributed by atoms with Crippen LogP contribution in [-0.2, 0) is 6.54 Å². The molecule has 0 atom stereocenters. The number of fused-ring (bicyclic) bond motifs is 1. The summed E-state index contributed by atoms with van der Waals surface area (Å²) in [6.07, 6.45) is 3.63. The lowest BCUT2D eigenvalue weighted by Gasteiger charge is -2.32. The van der Waals surface area contributed by atoms with Crippen LogP contribution in [-0.4, -0.2) is 36.1 Å². The highest BCUT2D eigenvalue weighted by molar-refractivity contribution is 5.82. The van der Waals surface area contributed by atoms with Crippen molar-refractivity contribution >= 4 is 16.7 Å². The molecule has 1 saturated heterocycles. The van der Waals surface area contributed by atoms with Crippen LogP contribution < -0.4 is 9.80 Å². The van der Waals surface area contributed by atoms with Gasteiger partial charge in [0.25, 0.3) is 0 Å². The van der Waals surface area contributed by atoms with E-state index in [0.717, 1.165) is 38.7 Å². The lowest BCUT2D eigenvalue weighted by atomic mass is 10.1. The van der Waals surface area contributed by atoms with Crippen LogP contribution in [0, 0.1) is 0 Å². The number of quaternary nitrogens is 1. The van der Waals surface area contributed by atoms with E-state index in [4.69, 9.17) is 0 Å². The van der Waals surface area contributed by atoms with Crippen molar-refractivity contribution < 1.29 is 4.90 Å². The first kappa shape index (κ1) is 14.2. The molecule has 0 aliphatic carbocycles. The fraction of sp³-hybridized carbons (Fsp3) is 0.263. The quantitative estimate of drug-likeness (QED) is 0.797. The van der Waals surface area contributed by atoms with Gasteiger partial charge in [-0.05, 0) is 22.9 Å². The maximum Gasteiger partial charge on any atom is 0.225 e. The standard InChI is InChI=1S/C19H20N4/c1-2-5-18-14-16(6-7-17(18)4-1)15-22-10-12-23(13-11-22)19-20-8-3-9-21-19/h1-9,14H,10-13,15H2/p+1. The maximum absolute atomic E-state index is 4.35. The van der Waals surface area contributed by atoms with Crippen molar-refractivity contribution in [1.82, 2.24) is 9.97 Å². The van der Waals surface area contributed by atoms with Gasteiger partial charge < -0.3 is 9.80 Å². The number of aromatic nitrogens is 2. The third kappa shape index (κ3) is 3.17. The van der Waals surface area contributed by atoms with Crippen molar-refractivity contribution in [2.45, 2.75) is 6.54 Å². The molecule has 0 saturated carbocycles. The van der Waals surface area contributed by atoms with Gasteiger partial charge >= 0.3 is 0 Å². The molecule has 2 aromatic carbocycles. The summed E-state index contributed by atoms with van der Waals surface area (Å²) in [5, 5.41) is 2.65. The highest BCUT2D eigenvalue weighted by Gasteiger charge is 2.21. The van der Waals surface area contributed by atoms with Crippen LogP contribution in [0.4, 0.5) is 5.95 Å². The number of hydrogen-bond acceptors (Lipinski definition) is 3. The summed E-state index contributed by atoms with van der Waals surface area (Å²) in [6, 6.07) is 17.3. The third-order valence-electron chi connectivity index (χ3n) is 4.57. The predicted molar refractivity (Wildman–Crippen MR) is 92.6 cm³/mol. The Morgan fingerprint density at radius 1 is 0.870 bits per heavy atom. The van der Waals surface area contributed by atoms with E-state index >= 15 is 0 Å². The Balaban J connectivity index is 1.40. The third-order valence-corrected chi connectivity index (χ3v) is 4.57. The summed E-state index contributed by atoms with van der Waals surface area (Å²) in [4.78, 5) is 12.6. The second-order valence-electron chi connectivity index (χ2n) is 6.14. The van der Waals surface area contributed by atoms with Crippen LogP contribution in [0.25, 0.3) is 10.8 Å². The van der Waals surface area contributed by atoms with Gasteiger partial charge in [-0.3, -0.25) is 0 Å². The van der Waals surface area contributed by atoms with E-state index in [2.05, 4.69) is 57.3 Å². The largest absolute Gasteiger partial charge is 0.330 e. The molecule has 0 unspecified atom stereocenters. The summed E-state index contributed by atoms with van der Waals surface area (Å²) in [7, 11) is 0. The first-order valence-electron chi connectivity index (χ1n) is 8.22. The molecule has 4 nitrogen and oxygen atoms in total. The van der Waals surface area contributed by atoms with Crippen molar-refractivity contribution in [3.8, 4) is 0 Å². The lowest BCUT2D eigenvalue weighted by molar-refractivity contribution is -0.914. The summed E-state index contributed by atoms with van der Waals surface area (Å²) >= 11 is 0. The zero-order chi connectivity index (χ0) is 15.5. The average molecular weight is 305 g/mol. The van der Waals surface area contributed by atoms with Gasteiger partial charge in [0.1, 0.15) is 6.54 Å². The highest BCUT2D eigenvalue weighted by atomic mass is 15.3. The van der Waals surface area contributed by atoms with Gasteiger partial charge in [-0.2, -0.15) is 0 Å². The Hall–Kier alpha value is -2.46. The first-order chi connectivity index (χ1) is 11.4. The molecule has 0 bridgehead atoms. The van der Waals surface area contributed by atoms with E-state index in [9.17, 15) is 0 Å². The molecule has 1 fully saturated rings. The monoisotopic (exact) mass is 305 g/mol. The summed E-state index contributed by atoms with van der Waals surface area (Å²) < 4.78 is 0. The molecule has 0 spiro atoms. The Labute approximate surface area is 136 Å². The van der Waals surface area contributed by atoms with Crippen LogP contribution in [0.15, 0.2) is 60.9 Å². The number of hydrogen-bond donors (Lipinski definition) is 1. The fourth-order valence-electron chi connectivity index (χ4n) is 3.29. The molecule has 23 heavy (non-hydrogen) atoms. The van der Waals surface area contributed by atoms with E-state index in [-0.39, 0.29) is 0 Å². The molecule has 116 valence electrons. The van der Waals surface area contributed by atoms with Crippen molar-refractivity contribution in [3.05, 3.63) is 66.5 Å². The summed E-state index contributed by atoms with van der Waals surface area (Å²) in [5.74, 6) is 0.859. The number of rotatable bonds is 3. The molecule has 2 heterocycles. The molecule has 0 amide bonds. The first-order valence-corrected chi connectivity index (χ1v) is 8.22. The van der Waals surface area contributed by atoms with Crippen molar-refractivity contribution in [1.29, 1.82) is 0 Å². The lowest BCUT2D eigenvalue weighted by Crippen LogP contribution is -3.13. The minimum absolute atomic E-state index is 0.859. The molecular weight excluding hydrogens is 284 g/mol. The highest BCUT2D eigenvalue weighted by Crippen LogP contribution is 2.15. The number of benzene rings is 2. The summed E-state index contributed by atoms with van der Waals surface area (Å²) in [6.45, 7) is 5.39. The topological polar surface area (TPSA) is 33.5 Å². The summed E-state index contributed by atoms with van der Waals surface area (Å²) in [5.41, 5.74) is 1.42. The van der Waals surface area contributed by atoms with Gasteiger partial charge in [0.05, 0.1) is 26.2 Å². The molecule has 0 radical (unpaired) electrons. The molecular formula is C19H21N4+. The van der Waals surface area contributed by atoms with Gasteiger partial charge in [-0.25, -0.2) is 9.97 Å². The number of piperazine rings is 1. The van der Waals surface area contributed by atoms with Crippen LogP contribution in [0.3, 0.4) is 0 Å². The van der Waals surface area contributed by atoms with Gasteiger partial charge in [0.2, 0.25) is 5.95 Å². The van der Waals surface area contributed by atoms with E-state index in [1.807, 2.05) is 18.5 Å². The second-order valence-corrected chi connectivity index (χ2v) is 6.14. The van der Waals surface area contributed by atoms with Gasteiger partial charge in [-0.1, -0.05) is 36.4 Å². The van der Waals surface area contributed by atoms with Gasteiger partial charge in [0.15, 0.2) is 0 Å². The second kappa shape index (κ2) is 6.34. The SMILES string of the molecule is c1cnc(N2CC[NH+](Cc3ccc4ccccc4c3)CC2)nc1. The van der Waals surface area contributed by atoms with E-state index in [1.54, 1.807) is 4.90 Å². The number of nitrogens with one attached hydrogen (secondary N) is 1. The maximum atomic E-state index is 4.35. The zero-order valence-corrected chi connectivity index (χ0v) is 13.2. The van der Waals surface area contributed by atoms with E-state index < -0.39 is 0 Å². The van der Waals surface area contributed by atoms with Crippen molar-refractivity contribution in [3.63, 3.8) is 0 Å². The molecule has 3 aromatic rings. The predicted octanol–water partition coefficient (Wildman–Crippen LogP) is 1.53. The average Bonchev–Trinajstić information content (AvgIpc) is 2.63. The van der Waals surface area contributed by atoms with Crippen LogP contribution in [0.5, 0.6) is 0 Å². The molecule has 1 aliphatic heterocycles. The van der Waals surface area contributed by atoms with E-state index in [1.165, 1.54) is 16.3 Å². The van der Waals surface area contributed by atoms with Crippen LogP contribution >= 0.6 is 0 Å². The van der Waals surface area contributed by atoms with Crippen molar-refractivity contribution in [2.75, 3.05) is 31.1 Å². The normalized spacial score (nSPS) is 15.9. The fourth-order valence-corrected chi connectivity index (χ4v) is 3.29. The molecule has 1 aromatic heterocycles. The minimum atomic E-state index is 0.859. The van der Waals surface area contributed by atoms with Crippen LogP contribution in [0.2, 0.25) is 0 Å². The Bertz CT molecular complexity index is 779. The Kier molecular flexibility index (Phi) is 3.90. The Morgan fingerprint density at radius 2 is 1.61 bits per heavy atom. The molecule has 4 rings (SSSR count). The van der Waals surface area contributed by atoms with Gasteiger partial charge in [-0.15, -0.1) is 0 Å². The van der Waals surface area contributed by atoms with Crippen LogP contribution in [0.1, 0.15) is 5.56 Å². The minimum Gasteiger partial charge on any atom is -0.330 e. The smallest absolute Gasteiger partial charge is 0.225 e. The Morgan fingerprint density at radius 3 is 2.39 bits per heavy atom. The van der Waals surface area contributed by atoms with E-state index in [0.29, 0.717) is 0 Å².